The van der Waals surface area contributed by atoms with Crippen molar-refractivity contribution in [3.63, 3.8) is 0 Å². The van der Waals surface area contributed by atoms with Gasteiger partial charge in [-0.3, -0.25) is 0 Å². The number of carbonyl (C=O) groups is 1. The number of alkyl halides is 3. The monoisotopic (exact) mass is 514 g/mol. The molecule has 1 aromatic carbocycles. The van der Waals surface area contributed by atoms with Gasteiger partial charge in [0.15, 0.2) is 11.0 Å². The molecule has 3 aromatic rings. The Morgan fingerprint density at radius 2 is 1.88 bits per heavy atom. The lowest BCUT2D eigenvalue weighted by Gasteiger charge is -2.25. The largest absolute Gasteiger partial charge is 0.433 e. The molecule has 1 saturated heterocycles. The van der Waals surface area contributed by atoms with E-state index in [4.69, 9.17) is 23.2 Å². The first kappa shape index (κ1) is 24.2. The summed E-state index contributed by atoms with van der Waals surface area (Å²) in [6.45, 7) is 2.19. The Morgan fingerprint density at radius 3 is 2.53 bits per heavy atom. The van der Waals surface area contributed by atoms with Gasteiger partial charge < -0.3 is 19.9 Å². The lowest BCUT2D eigenvalue weighted by molar-refractivity contribution is -0.141. The highest BCUT2D eigenvalue weighted by Crippen LogP contribution is 2.34. The Balaban J connectivity index is 1.57. The van der Waals surface area contributed by atoms with E-state index in [-0.39, 0.29) is 18.7 Å². The van der Waals surface area contributed by atoms with Crippen molar-refractivity contribution in [2.24, 2.45) is 0 Å². The van der Waals surface area contributed by atoms with E-state index in [0.29, 0.717) is 23.2 Å². The zero-order chi connectivity index (χ0) is 24.6. The smallest absolute Gasteiger partial charge is 0.391 e. The summed E-state index contributed by atoms with van der Waals surface area (Å²) < 4.78 is 40.4. The first-order valence-corrected chi connectivity index (χ1v) is 10.9. The molecule has 0 saturated carbocycles. The first-order valence-electron chi connectivity index (χ1n) is 10.2. The van der Waals surface area contributed by atoms with E-state index in [0.717, 1.165) is 17.7 Å². The van der Waals surface area contributed by atoms with Crippen LogP contribution in [0.4, 0.5) is 23.7 Å². The number of aliphatic hydroxyl groups excluding tert-OH is 1. The van der Waals surface area contributed by atoms with Gasteiger partial charge in [-0.25, -0.2) is 9.78 Å². The Labute approximate surface area is 202 Å². The van der Waals surface area contributed by atoms with Gasteiger partial charge in [0, 0.05) is 18.0 Å². The van der Waals surface area contributed by atoms with Crippen LogP contribution in [0.15, 0.2) is 36.4 Å². The number of hydrogen-bond donors (Lipinski definition) is 2. The number of halogens is 5. The third-order valence-electron chi connectivity index (χ3n) is 5.44. The minimum absolute atomic E-state index is 0.00493. The minimum Gasteiger partial charge on any atom is -0.391 e. The molecule has 3 heterocycles. The summed E-state index contributed by atoms with van der Waals surface area (Å²) in [6.07, 6.45) is -5.27. The Hall–Kier alpha value is -2.89. The molecule has 34 heavy (non-hydrogen) atoms. The van der Waals surface area contributed by atoms with Gasteiger partial charge in [-0.15, -0.1) is 10.2 Å². The zero-order valence-electron chi connectivity index (χ0n) is 17.7. The highest BCUT2D eigenvalue weighted by molar-refractivity contribution is 6.32. The molecule has 180 valence electrons. The van der Waals surface area contributed by atoms with Crippen LogP contribution in [0.25, 0.3) is 0 Å². The predicted molar refractivity (Wildman–Crippen MR) is 119 cm³/mol. The number of hydrogen-bond acceptors (Lipinski definition) is 5. The number of amides is 2. The van der Waals surface area contributed by atoms with Crippen LogP contribution in [0.2, 0.25) is 10.2 Å². The van der Waals surface area contributed by atoms with Crippen LogP contribution in [0.3, 0.4) is 0 Å². The van der Waals surface area contributed by atoms with Crippen molar-refractivity contribution in [1.82, 2.24) is 24.6 Å². The van der Waals surface area contributed by atoms with Crippen LogP contribution in [0.5, 0.6) is 0 Å². The van der Waals surface area contributed by atoms with E-state index in [2.05, 4.69) is 20.5 Å². The number of aryl methyl sites for hydroxylation is 1. The summed E-state index contributed by atoms with van der Waals surface area (Å²) in [7, 11) is 0. The van der Waals surface area contributed by atoms with E-state index in [1.165, 1.54) is 4.90 Å². The number of nitrogens with one attached hydrogen (secondary N) is 1. The lowest BCUT2D eigenvalue weighted by atomic mass is 10.1. The van der Waals surface area contributed by atoms with Gasteiger partial charge in [0.25, 0.3) is 0 Å². The maximum atomic E-state index is 13.0. The van der Waals surface area contributed by atoms with E-state index in [1.807, 2.05) is 16.7 Å². The molecule has 0 aliphatic carbocycles. The molecular formula is C21H19Cl2F3N6O2. The third kappa shape index (κ3) is 5.11. The number of nitrogens with zero attached hydrogens (tertiary/aromatic N) is 5. The Morgan fingerprint density at radius 1 is 1.18 bits per heavy atom. The Kier molecular flexibility index (Phi) is 6.70. The maximum Gasteiger partial charge on any atom is 0.433 e. The maximum absolute atomic E-state index is 13.0. The summed E-state index contributed by atoms with van der Waals surface area (Å²) in [5.74, 6) is 1.08. The topological polar surface area (TPSA) is 96.2 Å². The van der Waals surface area contributed by atoms with E-state index < -0.39 is 35.2 Å². The summed E-state index contributed by atoms with van der Waals surface area (Å²) >= 11 is 11.8. The number of carbonyl (C=O) groups excluding carboxylic acids is 1. The number of likely N-dealkylation sites (tertiary alicyclic amines) is 1. The highest BCUT2D eigenvalue weighted by atomic mass is 35.5. The lowest BCUT2D eigenvalue weighted by Crippen LogP contribution is -2.36. The van der Waals surface area contributed by atoms with E-state index >= 15 is 0 Å². The number of urea groups is 1. The number of benzene rings is 1. The Bertz CT molecular complexity index is 1200. The summed E-state index contributed by atoms with van der Waals surface area (Å²) in [5.41, 5.74) is -0.319. The van der Waals surface area contributed by atoms with Crippen molar-refractivity contribution in [2.45, 2.75) is 38.2 Å². The number of anilines is 1. The number of aliphatic hydroxyl groups is 1. The zero-order valence-corrected chi connectivity index (χ0v) is 19.2. The van der Waals surface area contributed by atoms with Gasteiger partial charge in [-0.1, -0.05) is 35.3 Å². The van der Waals surface area contributed by atoms with Crippen molar-refractivity contribution in [1.29, 1.82) is 0 Å². The first-order chi connectivity index (χ1) is 16.0. The molecule has 8 nitrogen and oxygen atoms in total. The SMILES string of the molecule is Cc1nnc(C2CC(O)CN2C(=O)Nc2ccc(C(F)(F)F)nc2Cl)n1Cc1ccc(Cl)cc1. The van der Waals surface area contributed by atoms with Gasteiger partial charge in [0.2, 0.25) is 0 Å². The fourth-order valence-electron chi connectivity index (χ4n) is 3.77. The van der Waals surface area contributed by atoms with Crippen LogP contribution < -0.4 is 5.32 Å². The molecule has 0 bridgehead atoms. The molecule has 1 fully saturated rings. The number of aromatic nitrogens is 4. The molecule has 2 amide bonds. The molecule has 0 spiro atoms. The van der Waals surface area contributed by atoms with E-state index in [1.54, 1.807) is 19.1 Å². The van der Waals surface area contributed by atoms with Crippen molar-refractivity contribution >= 4 is 34.9 Å². The van der Waals surface area contributed by atoms with Gasteiger partial charge in [0.05, 0.1) is 24.4 Å². The second-order valence-electron chi connectivity index (χ2n) is 7.84. The number of pyridine rings is 1. The summed E-state index contributed by atoms with van der Waals surface area (Å²) in [5, 5.41) is 21.2. The van der Waals surface area contributed by atoms with Gasteiger partial charge in [-0.05, 0) is 36.8 Å². The van der Waals surface area contributed by atoms with Crippen LogP contribution in [-0.4, -0.2) is 48.4 Å². The van der Waals surface area contributed by atoms with Gasteiger partial charge in [0.1, 0.15) is 11.5 Å². The molecule has 0 radical (unpaired) electrons. The molecule has 4 rings (SSSR count). The standard InChI is InChI=1S/C21H19Cl2F3N6O2/c1-11-29-30-19(31(11)9-12-2-4-13(22)5-3-12)16-8-14(33)10-32(16)20(34)27-15-6-7-17(21(24,25)26)28-18(15)23/h2-7,14,16,33H,8-10H2,1H3,(H,27,34). The number of rotatable bonds is 4. The fourth-order valence-corrected chi connectivity index (χ4v) is 4.09. The summed E-state index contributed by atoms with van der Waals surface area (Å²) in [4.78, 5) is 17.7. The normalized spacial score (nSPS) is 18.4. The minimum atomic E-state index is -4.66. The molecule has 13 heteroatoms. The average molecular weight is 515 g/mol. The van der Waals surface area contributed by atoms with Crippen LogP contribution in [0.1, 0.15) is 35.4 Å². The molecule has 2 unspecified atom stereocenters. The second-order valence-corrected chi connectivity index (χ2v) is 8.63. The molecule has 2 aromatic heterocycles. The van der Waals surface area contributed by atoms with Crippen molar-refractivity contribution in [3.8, 4) is 0 Å². The predicted octanol–water partition coefficient (Wildman–Crippen LogP) is 4.70. The third-order valence-corrected chi connectivity index (χ3v) is 5.98. The molecule has 1 aliphatic heterocycles. The number of β-amino-alcohol motifs (C(OH)–C–C–N with tert-alkyl or cyclic N) is 1. The van der Waals surface area contributed by atoms with Crippen LogP contribution in [-0.2, 0) is 12.7 Å². The van der Waals surface area contributed by atoms with Crippen molar-refractivity contribution in [2.75, 3.05) is 11.9 Å². The highest BCUT2D eigenvalue weighted by Gasteiger charge is 2.39. The molecular weight excluding hydrogens is 496 g/mol. The summed E-state index contributed by atoms with van der Waals surface area (Å²) in [6, 6.07) is 7.72. The van der Waals surface area contributed by atoms with Crippen LogP contribution >= 0.6 is 23.2 Å². The van der Waals surface area contributed by atoms with Crippen molar-refractivity contribution in [3.05, 3.63) is 69.5 Å². The quantitative estimate of drug-likeness (QED) is 0.492. The second kappa shape index (κ2) is 9.40. The van der Waals surface area contributed by atoms with Crippen LogP contribution in [0, 0.1) is 6.92 Å². The van der Waals surface area contributed by atoms with E-state index in [9.17, 15) is 23.1 Å². The van der Waals surface area contributed by atoms with Gasteiger partial charge >= 0.3 is 12.2 Å². The van der Waals surface area contributed by atoms with Crippen molar-refractivity contribution < 1.29 is 23.1 Å². The molecule has 2 atom stereocenters. The average Bonchev–Trinajstić information content (AvgIpc) is 3.33. The molecule has 1 aliphatic rings. The fraction of sp³-hybridized carbons (Fsp3) is 0.333. The van der Waals surface area contributed by atoms with Gasteiger partial charge in [-0.2, -0.15) is 13.2 Å². The molecule has 2 N–H and O–H groups in total.